The molecule has 0 atom stereocenters. The molecule has 7 aromatic carbocycles. The van der Waals surface area contributed by atoms with Crippen LogP contribution in [-0.4, -0.2) is 18.3 Å². The highest BCUT2D eigenvalue weighted by Crippen LogP contribution is 2.58. The first-order valence-corrected chi connectivity index (χ1v) is 16.5. The lowest BCUT2D eigenvalue weighted by molar-refractivity contribution is 0.00578. The second kappa shape index (κ2) is 10.3. The highest BCUT2D eigenvalue weighted by atomic mass is 16.7. The highest BCUT2D eigenvalue weighted by molar-refractivity contribution is 6.65. The van der Waals surface area contributed by atoms with Gasteiger partial charge >= 0.3 is 7.12 Å². The minimum absolute atomic E-state index is 0.421. The van der Waals surface area contributed by atoms with Crippen LogP contribution in [0, 0.1) is 0 Å². The summed E-state index contributed by atoms with van der Waals surface area (Å²) in [4.78, 5) is 0. The van der Waals surface area contributed by atoms with Gasteiger partial charge in [-0.15, -0.1) is 0 Å². The van der Waals surface area contributed by atoms with Crippen LogP contribution < -0.4 is 5.46 Å². The molecule has 2 aliphatic rings. The van der Waals surface area contributed by atoms with E-state index in [1.165, 1.54) is 77.2 Å². The zero-order chi connectivity index (χ0) is 31.9. The lowest BCUT2D eigenvalue weighted by Gasteiger charge is -2.32. The van der Waals surface area contributed by atoms with Crippen LogP contribution in [0.25, 0.3) is 77.2 Å². The summed E-state index contributed by atoms with van der Waals surface area (Å²) >= 11 is 0. The second-order valence-corrected chi connectivity index (χ2v) is 13.8. The molecular weight excluding hydrogens is 571 g/mol. The highest BCUT2D eigenvalue weighted by Gasteiger charge is 2.52. The van der Waals surface area contributed by atoms with E-state index >= 15 is 0 Å². The third-order valence-electron chi connectivity index (χ3n) is 10.7. The Morgan fingerprint density at radius 2 is 0.872 bits per heavy atom. The van der Waals surface area contributed by atoms with Crippen LogP contribution in [0.4, 0.5) is 0 Å². The Balaban J connectivity index is 1.42. The van der Waals surface area contributed by atoms with Crippen LogP contribution in [0.5, 0.6) is 0 Å². The molecule has 1 aliphatic heterocycles. The smallest absolute Gasteiger partial charge is 0.399 e. The normalized spacial score (nSPS) is 15.8. The summed E-state index contributed by atoms with van der Waals surface area (Å²) in [6.07, 6.45) is 0. The zero-order valence-electron chi connectivity index (χ0n) is 27.2. The van der Waals surface area contributed by atoms with Crippen molar-refractivity contribution in [1.29, 1.82) is 0 Å². The van der Waals surface area contributed by atoms with Gasteiger partial charge in [-0.1, -0.05) is 140 Å². The van der Waals surface area contributed by atoms with Crippen molar-refractivity contribution in [2.75, 3.05) is 0 Å². The van der Waals surface area contributed by atoms with E-state index in [1.807, 2.05) is 0 Å². The Morgan fingerprint density at radius 1 is 0.383 bits per heavy atom. The summed E-state index contributed by atoms with van der Waals surface area (Å²) in [5.41, 5.74) is 12.8. The van der Waals surface area contributed by atoms with Crippen LogP contribution in [-0.2, 0) is 9.31 Å². The van der Waals surface area contributed by atoms with Gasteiger partial charge in [-0.2, -0.15) is 0 Å². The number of benzene rings is 7. The van der Waals surface area contributed by atoms with Crippen molar-refractivity contribution in [3.8, 4) is 55.6 Å². The lowest BCUT2D eigenvalue weighted by atomic mass is 9.75. The van der Waals surface area contributed by atoms with Gasteiger partial charge in [0, 0.05) is 0 Å². The molecular formula is C44H35BO2. The molecule has 0 aromatic heterocycles. The standard InChI is InChI=1S/C44H35BO2/c1-43(2)44(3,4)47-45(46-43)37-27-26-36-39-34(37)24-15-25-35(39)41-38(29-18-9-6-10-19-29)32-22-13-14-23-33(32)40(42(36)41)31-21-12-11-20-30(31)28-16-7-5-8-17-28/h5-27H,1-4H3. The average Bonchev–Trinajstić information content (AvgIpc) is 3.54. The van der Waals surface area contributed by atoms with Crippen LogP contribution in [0.1, 0.15) is 27.7 Å². The first-order valence-electron chi connectivity index (χ1n) is 16.5. The molecule has 7 aromatic rings. The van der Waals surface area contributed by atoms with E-state index in [4.69, 9.17) is 9.31 Å². The molecule has 1 saturated heterocycles. The molecule has 0 unspecified atom stereocenters. The maximum absolute atomic E-state index is 6.63. The van der Waals surface area contributed by atoms with Crippen molar-refractivity contribution < 1.29 is 9.31 Å². The van der Waals surface area contributed by atoms with E-state index in [0.717, 1.165) is 5.46 Å². The second-order valence-electron chi connectivity index (χ2n) is 13.8. The van der Waals surface area contributed by atoms with Crippen molar-refractivity contribution in [3.05, 3.63) is 140 Å². The largest absolute Gasteiger partial charge is 0.495 e. The molecule has 3 heteroatoms. The minimum Gasteiger partial charge on any atom is -0.399 e. The molecule has 1 fully saturated rings. The Kier molecular flexibility index (Phi) is 6.18. The summed E-state index contributed by atoms with van der Waals surface area (Å²) in [7, 11) is -0.445. The quantitative estimate of drug-likeness (QED) is 0.186. The molecule has 0 saturated carbocycles. The summed E-state index contributed by atoms with van der Waals surface area (Å²) in [6.45, 7) is 8.49. The van der Waals surface area contributed by atoms with Gasteiger partial charge in [0.25, 0.3) is 0 Å². The fourth-order valence-electron chi connectivity index (χ4n) is 7.75. The predicted octanol–water partition coefficient (Wildman–Crippen LogP) is 10.9. The molecule has 0 bridgehead atoms. The Bertz CT molecular complexity index is 2340. The number of fused-ring (bicyclic) bond motifs is 4. The molecule has 0 radical (unpaired) electrons. The Labute approximate surface area is 276 Å². The molecule has 226 valence electrons. The van der Waals surface area contributed by atoms with Crippen LogP contribution in [0.2, 0.25) is 0 Å². The molecule has 0 spiro atoms. The van der Waals surface area contributed by atoms with Gasteiger partial charge in [0.2, 0.25) is 0 Å². The third-order valence-corrected chi connectivity index (χ3v) is 10.7. The van der Waals surface area contributed by atoms with Gasteiger partial charge < -0.3 is 9.31 Å². The Morgan fingerprint density at radius 3 is 1.55 bits per heavy atom. The van der Waals surface area contributed by atoms with Crippen molar-refractivity contribution in [2.24, 2.45) is 0 Å². The lowest BCUT2D eigenvalue weighted by Crippen LogP contribution is -2.41. The molecule has 1 heterocycles. The summed E-state index contributed by atoms with van der Waals surface area (Å²) in [5.74, 6) is 0. The van der Waals surface area contributed by atoms with E-state index in [0.29, 0.717) is 0 Å². The maximum atomic E-state index is 6.63. The third kappa shape index (κ3) is 4.13. The molecule has 9 rings (SSSR count). The van der Waals surface area contributed by atoms with Crippen molar-refractivity contribution in [1.82, 2.24) is 0 Å². The molecule has 2 nitrogen and oxygen atoms in total. The minimum atomic E-state index is -0.445. The van der Waals surface area contributed by atoms with E-state index < -0.39 is 18.3 Å². The van der Waals surface area contributed by atoms with Gasteiger partial charge in [0.05, 0.1) is 11.2 Å². The Hall–Kier alpha value is -4.96. The van der Waals surface area contributed by atoms with Gasteiger partial charge in [-0.05, 0) is 110 Å². The van der Waals surface area contributed by atoms with Crippen LogP contribution >= 0.6 is 0 Å². The van der Waals surface area contributed by atoms with Gasteiger partial charge in [0.1, 0.15) is 0 Å². The van der Waals surface area contributed by atoms with Crippen LogP contribution in [0.15, 0.2) is 140 Å². The summed E-state index contributed by atoms with van der Waals surface area (Å²) in [5, 5.41) is 4.96. The molecule has 0 amide bonds. The molecule has 0 N–H and O–H groups in total. The van der Waals surface area contributed by atoms with Crippen molar-refractivity contribution in [3.63, 3.8) is 0 Å². The monoisotopic (exact) mass is 606 g/mol. The average molecular weight is 607 g/mol. The zero-order valence-corrected chi connectivity index (χ0v) is 27.2. The molecule has 47 heavy (non-hydrogen) atoms. The SMILES string of the molecule is CC1(C)OB(c2ccc3c4c(cccc24)-c2c-3c(-c3ccccc3-c3ccccc3)c3ccccc3c2-c2ccccc2)OC1(C)C. The number of rotatable bonds is 4. The van der Waals surface area contributed by atoms with E-state index in [9.17, 15) is 0 Å². The fraction of sp³-hybridized carbons (Fsp3) is 0.136. The van der Waals surface area contributed by atoms with Gasteiger partial charge in [-0.25, -0.2) is 0 Å². The first kappa shape index (κ1) is 28.3. The first-order chi connectivity index (χ1) is 22.8. The summed E-state index contributed by atoms with van der Waals surface area (Å²) in [6, 6.07) is 50.8. The number of hydrogen-bond donors (Lipinski definition) is 0. The number of hydrogen-bond acceptors (Lipinski definition) is 2. The predicted molar refractivity (Wildman–Crippen MR) is 198 cm³/mol. The van der Waals surface area contributed by atoms with Crippen molar-refractivity contribution >= 4 is 34.1 Å². The van der Waals surface area contributed by atoms with Gasteiger partial charge in [-0.3, -0.25) is 0 Å². The van der Waals surface area contributed by atoms with Crippen LogP contribution in [0.3, 0.4) is 0 Å². The molecule has 1 aliphatic carbocycles. The fourth-order valence-corrected chi connectivity index (χ4v) is 7.75. The maximum Gasteiger partial charge on any atom is 0.495 e. The van der Waals surface area contributed by atoms with E-state index in [2.05, 4.69) is 167 Å². The van der Waals surface area contributed by atoms with Gasteiger partial charge in [0.15, 0.2) is 0 Å². The van der Waals surface area contributed by atoms with E-state index in [-0.39, 0.29) is 0 Å². The van der Waals surface area contributed by atoms with E-state index in [1.54, 1.807) is 0 Å². The summed E-state index contributed by atoms with van der Waals surface area (Å²) < 4.78 is 13.3. The topological polar surface area (TPSA) is 18.5 Å². The van der Waals surface area contributed by atoms with Crippen molar-refractivity contribution in [2.45, 2.75) is 38.9 Å².